The van der Waals surface area contributed by atoms with Gasteiger partial charge >= 0.3 is 0 Å². The monoisotopic (exact) mass is 220 g/mol. The molecule has 1 unspecified atom stereocenters. The third-order valence-corrected chi connectivity index (χ3v) is 3.23. The van der Waals surface area contributed by atoms with E-state index >= 15 is 0 Å². The number of nitrogens with two attached hydrogens (primary N) is 1. The van der Waals surface area contributed by atoms with Crippen molar-refractivity contribution in [2.75, 3.05) is 30.3 Å². The van der Waals surface area contributed by atoms with Gasteiger partial charge in [0.05, 0.1) is 0 Å². The number of benzene rings is 1. The van der Waals surface area contributed by atoms with Gasteiger partial charge in [-0.2, -0.15) is 0 Å². The summed E-state index contributed by atoms with van der Waals surface area (Å²) in [6, 6.07) is 6.17. The van der Waals surface area contributed by atoms with Crippen LogP contribution in [0.4, 0.5) is 11.4 Å². The Morgan fingerprint density at radius 2 is 2.25 bits per heavy atom. The molecule has 16 heavy (non-hydrogen) atoms. The Bertz CT molecular complexity index is 345. The molecule has 0 saturated carbocycles. The Morgan fingerprint density at radius 1 is 1.44 bits per heavy atom. The first-order valence-corrected chi connectivity index (χ1v) is 5.92. The lowest BCUT2D eigenvalue weighted by molar-refractivity contribution is 0.209. The summed E-state index contributed by atoms with van der Waals surface area (Å²) in [4.78, 5) is 2.33. The molecule has 0 aliphatic carbocycles. The zero-order valence-corrected chi connectivity index (χ0v) is 9.82. The molecule has 3 heteroatoms. The first kappa shape index (κ1) is 11.3. The lowest BCUT2D eigenvalue weighted by Gasteiger charge is -2.34. The lowest BCUT2D eigenvalue weighted by Crippen LogP contribution is -2.36. The summed E-state index contributed by atoms with van der Waals surface area (Å²) in [5.41, 5.74) is 9.06. The summed E-state index contributed by atoms with van der Waals surface area (Å²) in [6.45, 7) is 4.36. The van der Waals surface area contributed by atoms with Crippen molar-refractivity contribution in [1.29, 1.82) is 0 Å². The fourth-order valence-electron chi connectivity index (χ4n) is 2.42. The van der Waals surface area contributed by atoms with E-state index in [2.05, 4.69) is 17.9 Å². The Labute approximate surface area is 96.9 Å². The molecule has 0 spiro atoms. The number of nitrogens with zero attached hydrogens (tertiary/aromatic N) is 1. The van der Waals surface area contributed by atoms with Crippen LogP contribution >= 0.6 is 0 Å². The summed E-state index contributed by atoms with van der Waals surface area (Å²) in [7, 11) is 0. The van der Waals surface area contributed by atoms with Gasteiger partial charge in [-0.25, -0.2) is 0 Å². The van der Waals surface area contributed by atoms with E-state index in [0.717, 1.165) is 31.6 Å². The third kappa shape index (κ3) is 2.47. The topological polar surface area (TPSA) is 49.5 Å². The summed E-state index contributed by atoms with van der Waals surface area (Å²) in [5, 5.41) is 9.21. The number of piperidine rings is 1. The summed E-state index contributed by atoms with van der Waals surface area (Å²) in [6.07, 6.45) is 2.29. The number of rotatable bonds is 2. The van der Waals surface area contributed by atoms with Gasteiger partial charge in [0.25, 0.3) is 0 Å². The van der Waals surface area contributed by atoms with E-state index in [1.165, 1.54) is 11.3 Å². The third-order valence-electron chi connectivity index (χ3n) is 3.23. The van der Waals surface area contributed by atoms with Crippen molar-refractivity contribution in [1.82, 2.24) is 0 Å². The molecule has 1 fully saturated rings. The number of anilines is 2. The van der Waals surface area contributed by atoms with E-state index in [4.69, 9.17) is 5.73 Å². The molecule has 1 atom stereocenters. The van der Waals surface area contributed by atoms with Gasteiger partial charge in [-0.15, -0.1) is 0 Å². The molecule has 1 heterocycles. The lowest BCUT2D eigenvalue weighted by atomic mass is 9.98. The highest BCUT2D eigenvalue weighted by molar-refractivity contribution is 5.58. The maximum atomic E-state index is 9.21. The van der Waals surface area contributed by atoms with Crippen molar-refractivity contribution in [3.8, 4) is 0 Å². The van der Waals surface area contributed by atoms with Gasteiger partial charge < -0.3 is 15.7 Å². The van der Waals surface area contributed by atoms with E-state index in [9.17, 15) is 5.11 Å². The Balaban J connectivity index is 2.16. The molecule has 1 aliphatic heterocycles. The second kappa shape index (κ2) is 4.74. The standard InChI is InChI=1S/C13H20N2O/c1-10-5-12(14)7-13(6-10)15-4-2-3-11(8-15)9-16/h5-7,11,16H,2-4,8-9,14H2,1H3. The van der Waals surface area contributed by atoms with Crippen LogP contribution < -0.4 is 10.6 Å². The largest absolute Gasteiger partial charge is 0.399 e. The first-order valence-electron chi connectivity index (χ1n) is 5.92. The van der Waals surface area contributed by atoms with Gasteiger partial charge in [-0.3, -0.25) is 0 Å². The van der Waals surface area contributed by atoms with Crippen LogP contribution in [0.5, 0.6) is 0 Å². The molecule has 3 nitrogen and oxygen atoms in total. The molecule has 0 aromatic heterocycles. The normalized spacial score (nSPS) is 21.1. The van der Waals surface area contributed by atoms with Crippen molar-refractivity contribution in [3.63, 3.8) is 0 Å². The van der Waals surface area contributed by atoms with Crippen LogP contribution in [0.25, 0.3) is 0 Å². The van der Waals surface area contributed by atoms with E-state index in [0.29, 0.717) is 5.92 Å². The fourth-order valence-corrected chi connectivity index (χ4v) is 2.42. The smallest absolute Gasteiger partial charge is 0.0476 e. The van der Waals surface area contributed by atoms with Crippen LogP contribution in [0.15, 0.2) is 18.2 Å². The number of aryl methyl sites for hydroxylation is 1. The molecule has 0 amide bonds. The van der Waals surface area contributed by atoms with Crippen molar-refractivity contribution in [3.05, 3.63) is 23.8 Å². The van der Waals surface area contributed by atoms with E-state index in [-0.39, 0.29) is 6.61 Å². The van der Waals surface area contributed by atoms with Crippen molar-refractivity contribution < 1.29 is 5.11 Å². The summed E-state index contributed by atoms with van der Waals surface area (Å²) < 4.78 is 0. The van der Waals surface area contributed by atoms with Crippen molar-refractivity contribution in [2.45, 2.75) is 19.8 Å². The molecule has 3 N–H and O–H groups in total. The SMILES string of the molecule is Cc1cc(N)cc(N2CCCC(CO)C2)c1. The van der Waals surface area contributed by atoms with Gasteiger partial charge in [0.2, 0.25) is 0 Å². The first-order chi connectivity index (χ1) is 7.69. The quantitative estimate of drug-likeness (QED) is 0.747. The predicted octanol–water partition coefficient (Wildman–Crippen LogP) is 1.79. The van der Waals surface area contributed by atoms with Gasteiger partial charge in [0, 0.05) is 31.1 Å². The van der Waals surface area contributed by atoms with Gasteiger partial charge in [-0.05, 0) is 49.4 Å². The minimum Gasteiger partial charge on any atom is -0.399 e. The molecule has 88 valence electrons. The zero-order valence-electron chi connectivity index (χ0n) is 9.82. The van der Waals surface area contributed by atoms with Gasteiger partial charge in [-0.1, -0.05) is 0 Å². The van der Waals surface area contributed by atoms with Gasteiger partial charge in [0.1, 0.15) is 0 Å². The average Bonchev–Trinajstić information content (AvgIpc) is 2.28. The minimum atomic E-state index is 0.289. The molecule has 2 rings (SSSR count). The Morgan fingerprint density at radius 3 is 2.94 bits per heavy atom. The maximum absolute atomic E-state index is 9.21. The van der Waals surface area contributed by atoms with Crippen LogP contribution in [0.3, 0.4) is 0 Å². The van der Waals surface area contributed by atoms with Crippen molar-refractivity contribution in [2.24, 2.45) is 5.92 Å². The molecule has 0 bridgehead atoms. The molecular weight excluding hydrogens is 200 g/mol. The summed E-state index contributed by atoms with van der Waals surface area (Å²) >= 11 is 0. The number of aliphatic hydroxyl groups is 1. The van der Waals surface area contributed by atoms with Crippen LogP contribution in [0, 0.1) is 12.8 Å². The number of aliphatic hydroxyl groups excluding tert-OH is 1. The summed E-state index contributed by atoms with van der Waals surface area (Å²) in [5.74, 6) is 0.412. The van der Waals surface area contributed by atoms with E-state index in [1.807, 2.05) is 12.1 Å². The number of hydrogen-bond donors (Lipinski definition) is 2. The molecule has 1 aromatic rings. The van der Waals surface area contributed by atoms with Crippen LogP contribution in [-0.2, 0) is 0 Å². The molecule has 1 saturated heterocycles. The zero-order chi connectivity index (χ0) is 11.5. The van der Waals surface area contributed by atoms with Crippen LogP contribution in [0.1, 0.15) is 18.4 Å². The predicted molar refractivity (Wildman–Crippen MR) is 67.6 cm³/mol. The molecule has 0 radical (unpaired) electrons. The highest BCUT2D eigenvalue weighted by Gasteiger charge is 2.19. The van der Waals surface area contributed by atoms with Crippen LogP contribution in [-0.4, -0.2) is 24.8 Å². The number of hydrogen-bond acceptors (Lipinski definition) is 3. The van der Waals surface area contributed by atoms with E-state index < -0.39 is 0 Å². The van der Waals surface area contributed by atoms with Crippen LogP contribution in [0.2, 0.25) is 0 Å². The molecular formula is C13H20N2O. The van der Waals surface area contributed by atoms with Crippen molar-refractivity contribution >= 4 is 11.4 Å². The minimum absolute atomic E-state index is 0.289. The second-order valence-electron chi connectivity index (χ2n) is 4.74. The average molecular weight is 220 g/mol. The van der Waals surface area contributed by atoms with Gasteiger partial charge in [0.15, 0.2) is 0 Å². The highest BCUT2D eigenvalue weighted by Crippen LogP contribution is 2.25. The molecule has 1 aliphatic rings. The van der Waals surface area contributed by atoms with E-state index in [1.54, 1.807) is 0 Å². The highest BCUT2D eigenvalue weighted by atomic mass is 16.3. The Hall–Kier alpha value is -1.22. The number of nitrogen functional groups attached to an aromatic ring is 1. The molecule has 1 aromatic carbocycles. The maximum Gasteiger partial charge on any atom is 0.0476 e. The Kier molecular flexibility index (Phi) is 3.34. The fraction of sp³-hybridized carbons (Fsp3) is 0.538. The second-order valence-corrected chi connectivity index (χ2v) is 4.74.